The molecule has 0 saturated heterocycles. The predicted molar refractivity (Wildman–Crippen MR) is 94.9 cm³/mol. The fraction of sp³-hybridized carbons (Fsp3) is 0.421. The van der Waals surface area contributed by atoms with Gasteiger partial charge < -0.3 is 10.2 Å². The third-order valence-electron chi connectivity index (χ3n) is 5.15. The lowest BCUT2D eigenvalue weighted by molar-refractivity contribution is -0.134. The summed E-state index contributed by atoms with van der Waals surface area (Å²) < 4.78 is 0. The Morgan fingerprint density at radius 3 is 2.73 bits per heavy atom. The van der Waals surface area contributed by atoms with Gasteiger partial charge in [-0.25, -0.2) is 9.97 Å². The summed E-state index contributed by atoms with van der Waals surface area (Å²) in [6, 6.07) is 6.13. The number of nitrogens with one attached hydrogen (secondary N) is 1. The number of pyridine rings is 1. The largest absolute Gasteiger partial charge is 0.366 e. The van der Waals surface area contributed by atoms with E-state index in [-0.39, 0.29) is 5.91 Å². The Morgan fingerprint density at radius 1 is 1.23 bits per heavy atom. The maximum absolute atomic E-state index is 12.7. The first-order valence-corrected chi connectivity index (χ1v) is 8.88. The molecule has 2 aromatic heterocycles. The normalized spacial score (nSPS) is 17.6. The molecule has 2 aliphatic rings. The minimum Gasteiger partial charge on any atom is -0.366 e. The van der Waals surface area contributed by atoms with Gasteiger partial charge in [-0.2, -0.15) is 5.26 Å². The molecule has 1 saturated carbocycles. The van der Waals surface area contributed by atoms with Crippen LogP contribution in [0.2, 0.25) is 0 Å². The number of nitriles is 1. The van der Waals surface area contributed by atoms with Crippen molar-refractivity contribution in [2.75, 3.05) is 18.4 Å². The average molecular weight is 348 g/mol. The van der Waals surface area contributed by atoms with Crippen LogP contribution in [0.3, 0.4) is 0 Å². The van der Waals surface area contributed by atoms with E-state index < -0.39 is 5.41 Å². The van der Waals surface area contributed by atoms with Crippen LogP contribution >= 0.6 is 0 Å². The second kappa shape index (κ2) is 6.71. The highest BCUT2D eigenvalue weighted by atomic mass is 16.2. The molecule has 4 rings (SSSR count). The second-order valence-corrected chi connectivity index (χ2v) is 6.84. The van der Waals surface area contributed by atoms with E-state index >= 15 is 0 Å². The van der Waals surface area contributed by atoms with E-state index in [9.17, 15) is 10.1 Å². The van der Waals surface area contributed by atoms with Crippen molar-refractivity contribution in [2.24, 2.45) is 5.41 Å². The summed E-state index contributed by atoms with van der Waals surface area (Å²) in [5.74, 6) is 0.801. The molecule has 7 heteroatoms. The molecule has 1 amide bonds. The molecule has 0 atom stereocenters. The number of fused-ring (bicyclic) bond motifs is 1. The maximum atomic E-state index is 12.7. The van der Waals surface area contributed by atoms with Gasteiger partial charge in [-0.15, -0.1) is 0 Å². The number of hydrogen-bond donors (Lipinski definition) is 1. The lowest BCUT2D eigenvalue weighted by Gasteiger charge is -2.22. The van der Waals surface area contributed by atoms with Crippen LogP contribution in [0, 0.1) is 16.7 Å². The number of nitrogens with zero attached hydrogens (tertiary/aromatic N) is 5. The molecular weight excluding hydrogens is 328 g/mol. The number of amides is 1. The van der Waals surface area contributed by atoms with E-state index in [1.54, 1.807) is 18.7 Å². The van der Waals surface area contributed by atoms with E-state index in [2.05, 4.69) is 26.3 Å². The lowest BCUT2D eigenvalue weighted by atomic mass is 10.1. The standard InChI is InChI=1S/C19H20N6O/c20-12-19(5-6-19)18(26)25-9-3-15-16(4-10-25)23-13-24-17(15)22-11-14-1-7-21-8-2-14/h1-2,7-8,13H,3-6,9-11H2,(H,22,23,24). The Hall–Kier alpha value is -3.01. The van der Waals surface area contributed by atoms with Crippen LogP contribution < -0.4 is 5.32 Å². The highest BCUT2D eigenvalue weighted by molar-refractivity contribution is 5.88. The van der Waals surface area contributed by atoms with Crippen LogP contribution in [0.25, 0.3) is 0 Å². The molecule has 0 radical (unpaired) electrons. The highest BCUT2D eigenvalue weighted by Crippen LogP contribution is 2.46. The van der Waals surface area contributed by atoms with Crippen molar-refractivity contribution in [3.05, 3.63) is 47.7 Å². The molecule has 0 bridgehead atoms. The van der Waals surface area contributed by atoms with E-state index in [1.807, 2.05) is 17.0 Å². The van der Waals surface area contributed by atoms with Gasteiger partial charge in [-0.3, -0.25) is 9.78 Å². The predicted octanol–water partition coefficient (Wildman–Crippen LogP) is 1.71. The van der Waals surface area contributed by atoms with Gasteiger partial charge in [0.25, 0.3) is 0 Å². The third kappa shape index (κ3) is 3.10. The van der Waals surface area contributed by atoms with Gasteiger partial charge in [0.15, 0.2) is 0 Å². The second-order valence-electron chi connectivity index (χ2n) is 6.84. The van der Waals surface area contributed by atoms with Crippen molar-refractivity contribution in [1.82, 2.24) is 19.9 Å². The fourth-order valence-electron chi connectivity index (χ4n) is 3.37. The third-order valence-corrected chi connectivity index (χ3v) is 5.15. The number of anilines is 1. The van der Waals surface area contributed by atoms with Crippen LogP contribution in [0.4, 0.5) is 5.82 Å². The molecule has 132 valence electrons. The van der Waals surface area contributed by atoms with Crippen LogP contribution in [0.5, 0.6) is 0 Å². The van der Waals surface area contributed by atoms with Crippen LogP contribution in [0.1, 0.15) is 29.7 Å². The molecule has 0 aromatic carbocycles. The van der Waals surface area contributed by atoms with Crippen molar-refractivity contribution in [1.29, 1.82) is 5.26 Å². The van der Waals surface area contributed by atoms with Gasteiger partial charge in [0.05, 0.1) is 11.8 Å². The van der Waals surface area contributed by atoms with E-state index in [0.717, 1.165) is 22.6 Å². The molecular formula is C19H20N6O. The Labute approximate surface area is 152 Å². The number of aromatic nitrogens is 3. The summed E-state index contributed by atoms with van der Waals surface area (Å²) in [5.41, 5.74) is 2.42. The molecule has 0 spiro atoms. The summed E-state index contributed by atoms with van der Waals surface area (Å²) in [7, 11) is 0. The van der Waals surface area contributed by atoms with Crippen molar-refractivity contribution >= 4 is 11.7 Å². The zero-order valence-corrected chi connectivity index (χ0v) is 14.5. The molecule has 1 fully saturated rings. The Morgan fingerprint density at radius 2 is 2.00 bits per heavy atom. The SMILES string of the molecule is N#CC1(C(=O)N2CCc3ncnc(NCc4ccncc4)c3CC2)CC1. The Bertz CT molecular complexity index is 856. The van der Waals surface area contributed by atoms with Crippen LogP contribution in [-0.2, 0) is 24.2 Å². The summed E-state index contributed by atoms with van der Waals surface area (Å²) in [4.78, 5) is 27.3. The Balaban J connectivity index is 1.48. The topological polar surface area (TPSA) is 94.8 Å². The van der Waals surface area contributed by atoms with Gasteiger partial charge in [-0.05, 0) is 37.0 Å². The number of carbonyl (C=O) groups excluding carboxylic acids is 1. The molecule has 1 aliphatic heterocycles. The average Bonchev–Trinajstić information content (AvgIpc) is 3.50. The van der Waals surface area contributed by atoms with Gasteiger partial charge in [-0.1, -0.05) is 0 Å². The van der Waals surface area contributed by atoms with Crippen molar-refractivity contribution < 1.29 is 4.79 Å². The minimum absolute atomic E-state index is 0.0212. The Kier molecular flexibility index (Phi) is 4.25. The van der Waals surface area contributed by atoms with E-state index in [0.29, 0.717) is 45.3 Å². The summed E-state index contributed by atoms with van der Waals surface area (Å²) in [5, 5.41) is 12.7. The fourth-order valence-corrected chi connectivity index (χ4v) is 3.37. The first-order valence-electron chi connectivity index (χ1n) is 8.88. The zero-order chi connectivity index (χ0) is 18.0. The van der Waals surface area contributed by atoms with E-state index in [1.165, 1.54) is 0 Å². The minimum atomic E-state index is -0.759. The first-order chi connectivity index (χ1) is 12.7. The van der Waals surface area contributed by atoms with Gasteiger partial charge in [0.1, 0.15) is 17.6 Å². The van der Waals surface area contributed by atoms with Crippen LogP contribution in [-0.4, -0.2) is 38.8 Å². The van der Waals surface area contributed by atoms with Crippen molar-refractivity contribution in [3.63, 3.8) is 0 Å². The molecule has 3 heterocycles. The van der Waals surface area contributed by atoms with Gasteiger partial charge >= 0.3 is 0 Å². The van der Waals surface area contributed by atoms with Crippen LogP contribution in [0.15, 0.2) is 30.9 Å². The van der Waals surface area contributed by atoms with E-state index in [4.69, 9.17) is 0 Å². The molecule has 1 N–H and O–H groups in total. The molecule has 7 nitrogen and oxygen atoms in total. The summed E-state index contributed by atoms with van der Waals surface area (Å²) in [6.45, 7) is 1.87. The summed E-state index contributed by atoms with van der Waals surface area (Å²) >= 11 is 0. The monoisotopic (exact) mass is 348 g/mol. The summed E-state index contributed by atoms with van der Waals surface area (Å²) in [6.07, 6.45) is 7.86. The molecule has 0 unspecified atom stereocenters. The number of rotatable bonds is 4. The van der Waals surface area contributed by atoms with Crippen molar-refractivity contribution in [2.45, 2.75) is 32.2 Å². The van der Waals surface area contributed by atoms with Gasteiger partial charge in [0.2, 0.25) is 5.91 Å². The highest BCUT2D eigenvalue weighted by Gasteiger charge is 2.52. The number of hydrogen-bond acceptors (Lipinski definition) is 6. The molecule has 26 heavy (non-hydrogen) atoms. The smallest absolute Gasteiger partial charge is 0.243 e. The molecule has 1 aliphatic carbocycles. The lowest BCUT2D eigenvalue weighted by Crippen LogP contribution is -2.38. The number of carbonyl (C=O) groups is 1. The maximum Gasteiger partial charge on any atom is 0.243 e. The quantitative estimate of drug-likeness (QED) is 0.904. The zero-order valence-electron chi connectivity index (χ0n) is 14.5. The van der Waals surface area contributed by atoms with Crippen molar-refractivity contribution in [3.8, 4) is 6.07 Å². The van der Waals surface area contributed by atoms with Gasteiger partial charge in [0, 0.05) is 44.0 Å². The first kappa shape index (κ1) is 16.5. The molecule has 2 aromatic rings.